The third-order valence-corrected chi connectivity index (χ3v) is 3.03. The Bertz CT molecular complexity index is 596. The first-order chi connectivity index (χ1) is 9.08. The van der Waals surface area contributed by atoms with Crippen molar-refractivity contribution in [3.8, 4) is 0 Å². The number of carbonyl (C=O) groups excluding carboxylic acids is 1. The summed E-state index contributed by atoms with van der Waals surface area (Å²) in [6.45, 7) is 0.480. The van der Waals surface area contributed by atoms with Crippen molar-refractivity contribution in [2.45, 2.75) is 6.42 Å². The molecule has 3 N–H and O–H groups in total. The van der Waals surface area contributed by atoms with Gasteiger partial charge in [0.05, 0.1) is 10.7 Å². The van der Waals surface area contributed by atoms with E-state index in [0.29, 0.717) is 29.2 Å². The molecular formula is C12H14ClN5O. The Morgan fingerprint density at radius 3 is 2.95 bits per heavy atom. The zero-order valence-electron chi connectivity index (χ0n) is 10.4. The van der Waals surface area contributed by atoms with E-state index >= 15 is 0 Å². The van der Waals surface area contributed by atoms with E-state index in [-0.39, 0.29) is 5.91 Å². The molecule has 0 radical (unpaired) electrons. The Morgan fingerprint density at radius 1 is 1.53 bits per heavy atom. The van der Waals surface area contributed by atoms with E-state index in [1.165, 1.54) is 0 Å². The lowest BCUT2D eigenvalue weighted by atomic mass is 10.2. The van der Waals surface area contributed by atoms with Crippen molar-refractivity contribution >= 4 is 23.2 Å². The summed E-state index contributed by atoms with van der Waals surface area (Å²) in [5.41, 5.74) is 6.53. The van der Waals surface area contributed by atoms with E-state index in [1.54, 1.807) is 24.5 Å². The minimum atomic E-state index is -0.191. The Hall–Kier alpha value is -2.08. The van der Waals surface area contributed by atoms with Gasteiger partial charge in [-0.1, -0.05) is 11.6 Å². The standard InChI is InChI=1S/C12H14ClN5O/c1-18-7-16-17-11(18)4-5-15-12(19)8-2-3-10(14)9(13)6-8/h2-3,6-7H,4-5,14H2,1H3,(H,15,19). The molecule has 0 aliphatic carbocycles. The van der Waals surface area contributed by atoms with Crippen LogP contribution in [0.2, 0.25) is 5.02 Å². The molecule has 0 unspecified atom stereocenters. The van der Waals surface area contributed by atoms with Crippen molar-refractivity contribution in [3.63, 3.8) is 0 Å². The predicted octanol–water partition coefficient (Wildman–Crippen LogP) is 1.02. The summed E-state index contributed by atoms with van der Waals surface area (Å²) >= 11 is 5.87. The highest BCUT2D eigenvalue weighted by Crippen LogP contribution is 2.19. The quantitative estimate of drug-likeness (QED) is 0.818. The third kappa shape index (κ3) is 3.23. The van der Waals surface area contributed by atoms with Gasteiger partial charge in [0.15, 0.2) is 0 Å². The molecule has 19 heavy (non-hydrogen) atoms. The molecule has 0 bridgehead atoms. The van der Waals surface area contributed by atoms with Crippen LogP contribution in [0.15, 0.2) is 24.5 Å². The van der Waals surface area contributed by atoms with Crippen molar-refractivity contribution < 1.29 is 4.79 Å². The van der Waals surface area contributed by atoms with Gasteiger partial charge < -0.3 is 15.6 Å². The predicted molar refractivity (Wildman–Crippen MR) is 72.9 cm³/mol. The van der Waals surface area contributed by atoms with Crippen LogP contribution in [0.3, 0.4) is 0 Å². The summed E-state index contributed by atoms with van der Waals surface area (Å²) in [5, 5.41) is 10.9. The monoisotopic (exact) mass is 279 g/mol. The second kappa shape index (κ2) is 5.71. The summed E-state index contributed by atoms with van der Waals surface area (Å²) in [6.07, 6.45) is 2.24. The fourth-order valence-electron chi connectivity index (χ4n) is 1.59. The summed E-state index contributed by atoms with van der Waals surface area (Å²) in [7, 11) is 1.86. The fourth-order valence-corrected chi connectivity index (χ4v) is 1.77. The van der Waals surface area contributed by atoms with E-state index in [9.17, 15) is 4.79 Å². The molecule has 0 atom stereocenters. The van der Waals surface area contributed by atoms with E-state index in [0.717, 1.165) is 5.82 Å². The lowest BCUT2D eigenvalue weighted by Gasteiger charge is -2.06. The number of hydrogen-bond donors (Lipinski definition) is 2. The number of hydrogen-bond acceptors (Lipinski definition) is 4. The molecule has 100 valence electrons. The number of nitrogens with one attached hydrogen (secondary N) is 1. The summed E-state index contributed by atoms with van der Waals surface area (Å²) in [5.74, 6) is 0.625. The second-order valence-corrected chi connectivity index (χ2v) is 4.51. The van der Waals surface area contributed by atoms with Crippen LogP contribution in [-0.2, 0) is 13.5 Å². The normalized spacial score (nSPS) is 10.4. The summed E-state index contributed by atoms with van der Waals surface area (Å²) in [6, 6.07) is 4.80. The first-order valence-electron chi connectivity index (χ1n) is 5.74. The zero-order valence-corrected chi connectivity index (χ0v) is 11.2. The Morgan fingerprint density at radius 2 is 2.32 bits per heavy atom. The van der Waals surface area contributed by atoms with E-state index in [2.05, 4.69) is 15.5 Å². The van der Waals surface area contributed by atoms with Crippen LogP contribution in [-0.4, -0.2) is 27.2 Å². The van der Waals surface area contributed by atoms with Gasteiger partial charge in [0.1, 0.15) is 12.2 Å². The Balaban J connectivity index is 1.91. The molecule has 2 rings (SSSR count). The molecular weight excluding hydrogens is 266 g/mol. The maximum atomic E-state index is 11.9. The second-order valence-electron chi connectivity index (χ2n) is 4.10. The molecule has 0 fully saturated rings. The van der Waals surface area contributed by atoms with Crippen molar-refractivity contribution in [1.82, 2.24) is 20.1 Å². The number of aromatic nitrogens is 3. The lowest BCUT2D eigenvalue weighted by molar-refractivity contribution is 0.0954. The Kier molecular flexibility index (Phi) is 4.01. The van der Waals surface area contributed by atoms with Crippen LogP contribution in [0.4, 0.5) is 5.69 Å². The number of anilines is 1. The van der Waals surface area contributed by atoms with Gasteiger partial charge in [-0.05, 0) is 18.2 Å². The molecule has 6 nitrogen and oxygen atoms in total. The van der Waals surface area contributed by atoms with Crippen molar-refractivity contribution in [2.24, 2.45) is 7.05 Å². The number of rotatable bonds is 4. The maximum absolute atomic E-state index is 11.9. The fraction of sp³-hybridized carbons (Fsp3) is 0.250. The highest BCUT2D eigenvalue weighted by Gasteiger charge is 2.08. The van der Waals surface area contributed by atoms with Crippen LogP contribution in [0.5, 0.6) is 0 Å². The topological polar surface area (TPSA) is 85.8 Å². The van der Waals surface area contributed by atoms with Crippen LogP contribution >= 0.6 is 11.6 Å². The van der Waals surface area contributed by atoms with Crippen LogP contribution in [0, 0.1) is 0 Å². The van der Waals surface area contributed by atoms with Crippen molar-refractivity contribution in [2.75, 3.05) is 12.3 Å². The third-order valence-electron chi connectivity index (χ3n) is 2.70. The van der Waals surface area contributed by atoms with Crippen LogP contribution < -0.4 is 11.1 Å². The summed E-state index contributed by atoms with van der Waals surface area (Å²) in [4.78, 5) is 11.9. The SMILES string of the molecule is Cn1cnnc1CCNC(=O)c1ccc(N)c(Cl)c1. The Labute approximate surface area is 115 Å². The van der Waals surface area contributed by atoms with Gasteiger partial charge in [-0.2, -0.15) is 0 Å². The number of amides is 1. The zero-order chi connectivity index (χ0) is 13.8. The molecule has 0 spiro atoms. The van der Waals surface area contributed by atoms with Gasteiger partial charge in [-0.25, -0.2) is 0 Å². The first kappa shape index (κ1) is 13.4. The molecule has 0 saturated heterocycles. The number of nitrogens with two attached hydrogens (primary N) is 1. The number of aryl methyl sites for hydroxylation is 1. The van der Waals surface area contributed by atoms with Gasteiger partial charge >= 0.3 is 0 Å². The maximum Gasteiger partial charge on any atom is 0.251 e. The highest BCUT2D eigenvalue weighted by molar-refractivity contribution is 6.33. The lowest BCUT2D eigenvalue weighted by Crippen LogP contribution is -2.26. The van der Waals surface area contributed by atoms with Gasteiger partial charge in [0.25, 0.3) is 5.91 Å². The molecule has 1 heterocycles. The molecule has 7 heteroatoms. The average Bonchev–Trinajstić information content (AvgIpc) is 2.78. The number of carbonyl (C=O) groups is 1. The van der Waals surface area contributed by atoms with Crippen molar-refractivity contribution in [3.05, 3.63) is 40.9 Å². The van der Waals surface area contributed by atoms with Gasteiger partial charge in [-0.3, -0.25) is 4.79 Å². The molecule has 1 aromatic carbocycles. The average molecular weight is 280 g/mol. The van der Waals surface area contributed by atoms with E-state index < -0.39 is 0 Å². The van der Waals surface area contributed by atoms with Gasteiger partial charge in [0, 0.05) is 25.6 Å². The summed E-state index contributed by atoms with van der Waals surface area (Å²) < 4.78 is 1.81. The van der Waals surface area contributed by atoms with Gasteiger partial charge in [0.2, 0.25) is 0 Å². The number of benzene rings is 1. The molecule has 0 aliphatic rings. The van der Waals surface area contributed by atoms with E-state index in [1.807, 2.05) is 11.6 Å². The number of nitrogen functional groups attached to an aromatic ring is 1. The molecule has 1 aromatic heterocycles. The number of nitrogens with zero attached hydrogens (tertiary/aromatic N) is 3. The molecule has 0 saturated carbocycles. The smallest absolute Gasteiger partial charge is 0.251 e. The minimum Gasteiger partial charge on any atom is -0.398 e. The van der Waals surface area contributed by atoms with Crippen LogP contribution in [0.1, 0.15) is 16.2 Å². The largest absolute Gasteiger partial charge is 0.398 e. The van der Waals surface area contributed by atoms with E-state index in [4.69, 9.17) is 17.3 Å². The molecule has 0 aliphatic heterocycles. The molecule has 1 amide bonds. The van der Waals surface area contributed by atoms with Crippen molar-refractivity contribution in [1.29, 1.82) is 0 Å². The first-order valence-corrected chi connectivity index (χ1v) is 6.12. The van der Waals surface area contributed by atoms with Gasteiger partial charge in [-0.15, -0.1) is 10.2 Å². The molecule has 2 aromatic rings. The van der Waals surface area contributed by atoms with Crippen LogP contribution in [0.25, 0.3) is 0 Å². The minimum absolute atomic E-state index is 0.191. The highest BCUT2D eigenvalue weighted by atomic mass is 35.5. The number of halogens is 1.